The topological polar surface area (TPSA) is 115 Å². The lowest BCUT2D eigenvalue weighted by molar-refractivity contribution is 0.0941. The molecular weight excluding hydrogens is 326 g/mol. The SMILES string of the molecule is COc1ccc(OC)c(-c2cc(C(=O)NCc3nc(C)no3)[nH]n2)c1. The lowest BCUT2D eigenvalue weighted by Gasteiger charge is -2.08. The Morgan fingerprint density at radius 1 is 1.28 bits per heavy atom. The molecule has 3 rings (SSSR count). The van der Waals surface area contributed by atoms with Gasteiger partial charge >= 0.3 is 0 Å². The van der Waals surface area contributed by atoms with Crippen molar-refractivity contribution in [3.05, 3.63) is 41.7 Å². The molecule has 25 heavy (non-hydrogen) atoms. The van der Waals surface area contributed by atoms with E-state index in [0.717, 1.165) is 0 Å². The lowest BCUT2D eigenvalue weighted by Crippen LogP contribution is -2.23. The smallest absolute Gasteiger partial charge is 0.269 e. The van der Waals surface area contributed by atoms with Crippen LogP contribution >= 0.6 is 0 Å². The zero-order valence-electron chi connectivity index (χ0n) is 14.0. The van der Waals surface area contributed by atoms with E-state index in [4.69, 9.17) is 14.0 Å². The highest BCUT2D eigenvalue weighted by molar-refractivity contribution is 5.93. The summed E-state index contributed by atoms with van der Waals surface area (Å²) in [5.74, 6) is 1.80. The summed E-state index contributed by atoms with van der Waals surface area (Å²) in [7, 11) is 3.15. The number of hydrogen-bond donors (Lipinski definition) is 2. The fraction of sp³-hybridized carbons (Fsp3) is 0.250. The Bertz CT molecular complexity index is 886. The maximum absolute atomic E-state index is 12.2. The van der Waals surface area contributed by atoms with Gasteiger partial charge in [0.25, 0.3) is 5.91 Å². The molecule has 0 radical (unpaired) electrons. The summed E-state index contributed by atoms with van der Waals surface area (Å²) in [5, 5.41) is 13.2. The van der Waals surface area contributed by atoms with Crippen molar-refractivity contribution in [2.45, 2.75) is 13.5 Å². The number of benzene rings is 1. The highest BCUT2D eigenvalue weighted by Crippen LogP contribution is 2.32. The van der Waals surface area contributed by atoms with Gasteiger partial charge in [-0.15, -0.1) is 0 Å². The Balaban J connectivity index is 1.76. The number of aryl methyl sites for hydroxylation is 1. The van der Waals surface area contributed by atoms with Crippen molar-refractivity contribution in [3.8, 4) is 22.8 Å². The van der Waals surface area contributed by atoms with E-state index in [9.17, 15) is 4.79 Å². The number of aromatic nitrogens is 4. The van der Waals surface area contributed by atoms with E-state index in [2.05, 4.69) is 25.7 Å². The molecule has 2 aromatic heterocycles. The Labute approximate surface area is 143 Å². The van der Waals surface area contributed by atoms with Gasteiger partial charge in [0.1, 0.15) is 17.2 Å². The first-order valence-electron chi connectivity index (χ1n) is 7.46. The van der Waals surface area contributed by atoms with E-state index in [1.165, 1.54) is 0 Å². The van der Waals surface area contributed by atoms with Crippen LogP contribution in [-0.4, -0.2) is 40.5 Å². The van der Waals surface area contributed by atoms with Crippen molar-refractivity contribution in [1.29, 1.82) is 0 Å². The Morgan fingerprint density at radius 3 is 2.80 bits per heavy atom. The van der Waals surface area contributed by atoms with Crippen molar-refractivity contribution < 1.29 is 18.8 Å². The maximum Gasteiger partial charge on any atom is 0.269 e. The van der Waals surface area contributed by atoms with Crippen LogP contribution in [0.2, 0.25) is 0 Å². The standard InChI is InChI=1S/C16H17N5O4/c1-9-18-15(25-21-9)8-17-16(22)13-7-12(19-20-13)11-6-10(23-2)4-5-14(11)24-3/h4-7H,8H2,1-3H3,(H,17,22)(H,19,20). The van der Waals surface area contributed by atoms with E-state index in [1.54, 1.807) is 45.4 Å². The fourth-order valence-electron chi connectivity index (χ4n) is 2.25. The van der Waals surface area contributed by atoms with Crippen molar-refractivity contribution in [2.75, 3.05) is 14.2 Å². The highest BCUT2D eigenvalue weighted by Gasteiger charge is 2.15. The molecule has 0 atom stereocenters. The van der Waals surface area contributed by atoms with E-state index < -0.39 is 0 Å². The van der Waals surface area contributed by atoms with Crippen LogP contribution in [0.3, 0.4) is 0 Å². The van der Waals surface area contributed by atoms with Crippen LogP contribution in [0.4, 0.5) is 0 Å². The molecule has 3 aromatic rings. The summed E-state index contributed by atoms with van der Waals surface area (Å²) in [5.41, 5.74) is 1.58. The third-order valence-electron chi connectivity index (χ3n) is 3.47. The summed E-state index contributed by atoms with van der Waals surface area (Å²) in [6, 6.07) is 6.99. The predicted molar refractivity (Wildman–Crippen MR) is 87.3 cm³/mol. The van der Waals surface area contributed by atoms with Crippen LogP contribution in [0.25, 0.3) is 11.3 Å². The van der Waals surface area contributed by atoms with E-state index in [-0.39, 0.29) is 12.5 Å². The van der Waals surface area contributed by atoms with Gasteiger partial charge in [0.05, 0.1) is 26.5 Å². The van der Waals surface area contributed by atoms with Gasteiger partial charge in [-0.2, -0.15) is 10.1 Å². The highest BCUT2D eigenvalue weighted by atomic mass is 16.5. The molecule has 9 nitrogen and oxygen atoms in total. The van der Waals surface area contributed by atoms with Crippen LogP contribution < -0.4 is 14.8 Å². The Morgan fingerprint density at radius 2 is 2.12 bits per heavy atom. The lowest BCUT2D eigenvalue weighted by atomic mass is 10.1. The molecule has 0 unspecified atom stereocenters. The van der Waals surface area contributed by atoms with Gasteiger partial charge in [-0.25, -0.2) is 0 Å². The van der Waals surface area contributed by atoms with Gasteiger partial charge in [-0.05, 0) is 31.2 Å². The minimum atomic E-state index is -0.337. The first-order valence-corrected chi connectivity index (χ1v) is 7.46. The zero-order chi connectivity index (χ0) is 17.8. The maximum atomic E-state index is 12.2. The normalized spacial score (nSPS) is 10.5. The molecule has 0 aliphatic rings. The summed E-state index contributed by atoms with van der Waals surface area (Å²) < 4.78 is 15.5. The van der Waals surface area contributed by atoms with Crippen LogP contribution in [0, 0.1) is 6.92 Å². The van der Waals surface area contributed by atoms with Gasteiger partial charge in [0.15, 0.2) is 5.82 Å². The number of amides is 1. The number of nitrogens with one attached hydrogen (secondary N) is 2. The minimum absolute atomic E-state index is 0.135. The van der Waals surface area contributed by atoms with E-state index in [1.807, 2.05) is 0 Å². The zero-order valence-corrected chi connectivity index (χ0v) is 14.0. The number of H-pyrrole nitrogens is 1. The molecule has 0 aliphatic heterocycles. The molecule has 0 spiro atoms. The monoisotopic (exact) mass is 343 g/mol. The van der Waals surface area contributed by atoms with Crippen molar-refractivity contribution in [1.82, 2.24) is 25.7 Å². The molecular formula is C16H17N5O4. The Hall–Kier alpha value is -3.36. The average Bonchev–Trinajstić information content (AvgIpc) is 3.28. The largest absolute Gasteiger partial charge is 0.497 e. The molecule has 0 bridgehead atoms. The molecule has 1 amide bonds. The Kier molecular flexibility index (Phi) is 4.64. The third-order valence-corrected chi connectivity index (χ3v) is 3.47. The minimum Gasteiger partial charge on any atom is -0.497 e. The molecule has 1 aromatic carbocycles. The molecule has 9 heteroatoms. The average molecular weight is 343 g/mol. The van der Waals surface area contributed by atoms with Crippen LogP contribution in [0.1, 0.15) is 22.2 Å². The number of nitrogens with zero attached hydrogens (tertiary/aromatic N) is 3. The predicted octanol–water partition coefficient (Wildman–Crippen LogP) is 1.72. The van der Waals surface area contributed by atoms with Gasteiger partial charge in [-0.3, -0.25) is 9.89 Å². The van der Waals surface area contributed by atoms with Crippen LogP contribution in [-0.2, 0) is 6.54 Å². The molecule has 2 heterocycles. The molecule has 2 N–H and O–H groups in total. The number of hydrogen-bond acceptors (Lipinski definition) is 7. The number of methoxy groups -OCH3 is 2. The van der Waals surface area contributed by atoms with Gasteiger partial charge in [0, 0.05) is 5.56 Å². The van der Waals surface area contributed by atoms with E-state index in [0.29, 0.717) is 40.2 Å². The third kappa shape index (κ3) is 3.60. The summed E-state index contributed by atoms with van der Waals surface area (Å²) in [6.45, 7) is 1.84. The molecule has 0 aliphatic carbocycles. The first kappa shape index (κ1) is 16.5. The molecule has 130 valence electrons. The number of carbonyl (C=O) groups is 1. The van der Waals surface area contributed by atoms with Gasteiger partial charge in [-0.1, -0.05) is 5.16 Å². The second kappa shape index (κ2) is 7.04. The molecule has 0 saturated heterocycles. The number of rotatable bonds is 6. The fourth-order valence-corrected chi connectivity index (χ4v) is 2.25. The number of aromatic amines is 1. The van der Waals surface area contributed by atoms with Gasteiger partial charge in [0.2, 0.25) is 5.89 Å². The van der Waals surface area contributed by atoms with Crippen LogP contribution in [0.15, 0.2) is 28.8 Å². The van der Waals surface area contributed by atoms with Crippen molar-refractivity contribution >= 4 is 5.91 Å². The summed E-state index contributed by atoms with van der Waals surface area (Å²) in [6.07, 6.45) is 0. The second-order valence-electron chi connectivity index (χ2n) is 5.15. The molecule has 0 fully saturated rings. The van der Waals surface area contributed by atoms with Crippen molar-refractivity contribution in [2.24, 2.45) is 0 Å². The number of ether oxygens (including phenoxy) is 2. The summed E-state index contributed by atoms with van der Waals surface area (Å²) in [4.78, 5) is 16.2. The second-order valence-corrected chi connectivity index (χ2v) is 5.15. The quantitative estimate of drug-likeness (QED) is 0.700. The van der Waals surface area contributed by atoms with E-state index >= 15 is 0 Å². The first-order chi connectivity index (χ1) is 12.1. The van der Waals surface area contributed by atoms with Gasteiger partial charge < -0.3 is 19.3 Å². The molecule has 0 saturated carbocycles. The summed E-state index contributed by atoms with van der Waals surface area (Å²) >= 11 is 0. The number of carbonyl (C=O) groups excluding carboxylic acids is 1. The van der Waals surface area contributed by atoms with Crippen LogP contribution in [0.5, 0.6) is 11.5 Å². The van der Waals surface area contributed by atoms with Crippen molar-refractivity contribution in [3.63, 3.8) is 0 Å².